The average molecular weight is 368 g/mol. The zero-order valence-electron chi connectivity index (χ0n) is 16.1. The van der Waals surface area contributed by atoms with Crippen molar-refractivity contribution in [3.05, 3.63) is 42.4 Å². The van der Waals surface area contributed by atoms with Crippen LogP contribution in [0.4, 0.5) is 5.69 Å². The number of anilines is 1. The van der Waals surface area contributed by atoms with Gasteiger partial charge in [-0.15, -0.1) is 0 Å². The van der Waals surface area contributed by atoms with E-state index in [1.165, 1.54) is 0 Å². The van der Waals surface area contributed by atoms with Gasteiger partial charge in [0, 0.05) is 45.1 Å². The smallest absolute Gasteiger partial charge is 0.237 e. The Morgan fingerprint density at radius 1 is 1.30 bits per heavy atom. The molecule has 2 aliphatic rings. The van der Waals surface area contributed by atoms with Gasteiger partial charge in [0.1, 0.15) is 0 Å². The molecule has 0 bridgehead atoms. The summed E-state index contributed by atoms with van der Waals surface area (Å²) in [5.41, 5.74) is 3.28. The summed E-state index contributed by atoms with van der Waals surface area (Å²) in [6, 6.07) is 4.21. The minimum Gasteiger partial charge on any atom is -0.336 e. The van der Waals surface area contributed by atoms with Crippen molar-refractivity contribution in [2.75, 3.05) is 44.3 Å². The molecule has 2 aliphatic heterocycles. The Morgan fingerprint density at radius 2 is 2.19 bits per heavy atom. The average Bonchev–Trinajstić information content (AvgIpc) is 3.07. The first-order chi connectivity index (χ1) is 13.1. The molecule has 0 radical (unpaired) electrons. The van der Waals surface area contributed by atoms with Crippen LogP contribution in [0.15, 0.2) is 36.8 Å². The number of hydrogen-bond acceptors (Lipinski definition) is 5. The summed E-state index contributed by atoms with van der Waals surface area (Å²) in [5, 5.41) is 7.80. The van der Waals surface area contributed by atoms with E-state index in [1.54, 1.807) is 0 Å². The Morgan fingerprint density at radius 3 is 2.93 bits per heavy atom. The lowest BCUT2D eigenvalue weighted by Crippen LogP contribution is -2.50. The van der Waals surface area contributed by atoms with Crippen LogP contribution in [0.25, 0.3) is 5.52 Å². The number of hydrogen-bond donors (Lipinski definition) is 1. The number of nitrogens with zero attached hydrogens (tertiary/aromatic N) is 5. The van der Waals surface area contributed by atoms with Gasteiger partial charge in [-0.1, -0.05) is 19.9 Å². The molecule has 0 aromatic carbocycles. The second-order valence-corrected chi connectivity index (χ2v) is 7.81. The van der Waals surface area contributed by atoms with Crippen LogP contribution >= 0.6 is 0 Å². The summed E-state index contributed by atoms with van der Waals surface area (Å²) in [5.74, 6) is 0.809. The van der Waals surface area contributed by atoms with Crippen LogP contribution in [-0.2, 0) is 11.3 Å². The number of amides is 1. The summed E-state index contributed by atoms with van der Waals surface area (Å²) < 4.78 is 1.89. The molecule has 0 atom stereocenters. The zero-order valence-corrected chi connectivity index (χ0v) is 16.1. The van der Waals surface area contributed by atoms with Gasteiger partial charge in [-0.3, -0.25) is 15.0 Å². The maximum atomic E-state index is 12.6. The summed E-state index contributed by atoms with van der Waals surface area (Å²) in [6.07, 6.45) is 8.07. The largest absolute Gasteiger partial charge is 0.336 e. The Bertz CT molecular complexity index is 842. The van der Waals surface area contributed by atoms with Crippen molar-refractivity contribution in [1.29, 1.82) is 0 Å². The van der Waals surface area contributed by atoms with Crippen LogP contribution in [0.1, 0.15) is 19.4 Å². The van der Waals surface area contributed by atoms with Crippen molar-refractivity contribution in [1.82, 2.24) is 24.7 Å². The molecule has 2 aromatic rings. The SMILES string of the molecule is CC(C)CN1CCN(Cc2ccn3ncc(N4C=CCNC4)c3c2)C(=O)C1. The predicted molar refractivity (Wildman–Crippen MR) is 106 cm³/mol. The maximum absolute atomic E-state index is 12.6. The van der Waals surface area contributed by atoms with Gasteiger partial charge in [0.25, 0.3) is 0 Å². The van der Waals surface area contributed by atoms with Crippen molar-refractivity contribution in [3.8, 4) is 0 Å². The molecule has 2 aromatic heterocycles. The molecule has 1 amide bonds. The highest BCUT2D eigenvalue weighted by molar-refractivity contribution is 5.79. The second kappa shape index (κ2) is 7.70. The normalized spacial score (nSPS) is 18.9. The van der Waals surface area contributed by atoms with Gasteiger partial charge < -0.3 is 9.80 Å². The molecule has 0 spiro atoms. The van der Waals surface area contributed by atoms with E-state index in [4.69, 9.17) is 0 Å². The van der Waals surface area contributed by atoms with Crippen LogP contribution in [0.3, 0.4) is 0 Å². The monoisotopic (exact) mass is 368 g/mol. The second-order valence-electron chi connectivity index (χ2n) is 7.81. The van der Waals surface area contributed by atoms with Crippen molar-refractivity contribution in [2.45, 2.75) is 20.4 Å². The number of pyridine rings is 1. The van der Waals surface area contributed by atoms with E-state index >= 15 is 0 Å². The Hall–Kier alpha value is -2.38. The molecular formula is C20H28N6O. The lowest BCUT2D eigenvalue weighted by molar-refractivity contribution is -0.136. The van der Waals surface area contributed by atoms with E-state index in [1.807, 2.05) is 21.8 Å². The molecule has 0 aliphatic carbocycles. The van der Waals surface area contributed by atoms with Gasteiger partial charge in [-0.2, -0.15) is 5.10 Å². The fraction of sp³-hybridized carbons (Fsp3) is 0.500. The molecule has 144 valence electrons. The molecule has 0 unspecified atom stereocenters. The van der Waals surface area contributed by atoms with Gasteiger partial charge in [-0.05, 0) is 23.6 Å². The first-order valence-electron chi connectivity index (χ1n) is 9.70. The minimum absolute atomic E-state index is 0.221. The van der Waals surface area contributed by atoms with Gasteiger partial charge in [0.05, 0.1) is 30.6 Å². The van der Waals surface area contributed by atoms with Crippen molar-refractivity contribution in [3.63, 3.8) is 0 Å². The molecule has 7 heteroatoms. The first-order valence-corrected chi connectivity index (χ1v) is 9.70. The van der Waals surface area contributed by atoms with E-state index in [0.29, 0.717) is 19.0 Å². The summed E-state index contributed by atoms with van der Waals surface area (Å²) >= 11 is 0. The van der Waals surface area contributed by atoms with Crippen molar-refractivity contribution < 1.29 is 4.79 Å². The van der Waals surface area contributed by atoms with Crippen molar-refractivity contribution >= 4 is 17.1 Å². The molecule has 0 saturated carbocycles. The summed E-state index contributed by atoms with van der Waals surface area (Å²) in [7, 11) is 0. The van der Waals surface area contributed by atoms with Gasteiger partial charge >= 0.3 is 0 Å². The summed E-state index contributed by atoms with van der Waals surface area (Å²) in [4.78, 5) is 19.0. The third kappa shape index (κ3) is 3.99. The fourth-order valence-electron chi connectivity index (χ4n) is 3.81. The van der Waals surface area contributed by atoms with Gasteiger partial charge in [0.2, 0.25) is 5.91 Å². The Labute approximate surface area is 160 Å². The molecule has 1 fully saturated rings. The number of carbonyl (C=O) groups is 1. The minimum atomic E-state index is 0.221. The molecule has 1 N–H and O–H groups in total. The number of aromatic nitrogens is 2. The van der Waals surface area contributed by atoms with E-state index in [2.05, 4.69) is 58.5 Å². The highest BCUT2D eigenvalue weighted by atomic mass is 16.2. The number of fused-ring (bicyclic) bond motifs is 1. The van der Waals surface area contributed by atoms with E-state index < -0.39 is 0 Å². The number of piperazine rings is 1. The third-order valence-corrected chi connectivity index (χ3v) is 5.10. The zero-order chi connectivity index (χ0) is 18.8. The molecule has 1 saturated heterocycles. The number of carbonyl (C=O) groups excluding carboxylic acids is 1. The van der Waals surface area contributed by atoms with Gasteiger partial charge in [0.15, 0.2) is 0 Å². The first kappa shape index (κ1) is 18.0. The number of rotatable bonds is 5. The van der Waals surface area contributed by atoms with E-state index in [0.717, 1.165) is 49.6 Å². The Balaban J connectivity index is 1.49. The third-order valence-electron chi connectivity index (χ3n) is 5.10. The van der Waals surface area contributed by atoms with Crippen LogP contribution in [0.5, 0.6) is 0 Å². The van der Waals surface area contributed by atoms with Crippen molar-refractivity contribution in [2.24, 2.45) is 5.92 Å². The molecular weight excluding hydrogens is 340 g/mol. The topological polar surface area (TPSA) is 56.1 Å². The summed E-state index contributed by atoms with van der Waals surface area (Å²) in [6.45, 7) is 9.99. The lowest BCUT2D eigenvalue weighted by Gasteiger charge is -2.35. The fourth-order valence-corrected chi connectivity index (χ4v) is 3.81. The predicted octanol–water partition coefficient (Wildman–Crippen LogP) is 1.52. The van der Waals surface area contributed by atoms with Crippen LogP contribution in [-0.4, -0.2) is 64.7 Å². The van der Waals surface area contributed by atoms with Crippen LogP contribution in [0, 0.1) is 5.92 Å². The van der Waals surface area contributed by atoms with Crippen LogP contribution < -0.4 is 10.2 Å². The number of nitrogens with one attached hydrogen (secondary N) is 1. The van der Waals surface area contributed by atoms with E-state index in [-0.39, 0.29) is 5.91 Å². The molecule has 27 heavy (non-hydrogen) atoms. The highest BCUT2D eigenvalue weighted by Gasteiger charge is 2.24. The molecule has 4 rings (SSSR count). The quantitative estimate of drug-likeness (QED) is 0.867. The molecule has 4 heterocycles. The Kier molecular flexibility index (Phi) is 5.13. The molecule has 7 nitrogen and oxygen atoms in total. The lowest BCUT2D eigenvalue weighted by atomic mass is 10.1. The standard InChI is InChI=1S/C20H28N6O/c1-16(2)12-23-8-9-24(20(27)14-23)13-17-4-7-26-18(10-17)19(11-22-26)25-6-3-5-21-15-25/h3-4,6-7,10-11,16,21H,5,8-9,12-15H2,1-2H3. The van der Waals surface area contributed by atoms with E-state index in [9.17, 15) is 4.79 Å². The van der Waals surface area contributed by atoms with Gasteiger partial charge in [-0.25, -0.2) is 4.52 Å². The maximum Gasteiger partial charge on any atom is 0.237 e. The van der Waals surface area contributed by atoms with Crippen LogP contribution in [0.2, 0.25) is 0 Å². The highest BCUT2D eigenvalue weighted by Crippen LogP contribution is 2.24.